The summed E-state index contributed by atoms with van der Waals surface area (Å²) in [5.41, 5.74) is 3.00. The molecule has 6 nitrogen and oxygen atoms in total. The maximum absolute atomic E-state index is 5.64. The zero-order valence-corrected chi connectivity index (χ0v) is 18.4. The maximum atomic E-state index is 5.64. The van der Waals surface area contributed by atoms with E-state index < -0.39 is 0 Å². The van der Waals surface area contributed by atoms with Crippen LogP contribution in [0.1, 0.15) is 31.0 Å². The summed E-state index contributed by atoms with van der Waals surface area (Å²) < 4.78 is 11.2. The molecule has 1 heterocycles. The van der Waals surface area contributed by atoms with Gasteiger partial charge in [0.15, 0.2) is 5.96 Å². The number of benzene rings is 1. The van der Waals surface area contributed by atoms with Crippen LogP contribution in [0.2, 0.25) is 0 Å². The van der Waals surface area contributed by atoms with Crippen molar-refractivity contribution in [1.82, 2.24) is 15.6 Å². The van der Waals surface area contributed by atoms with Crippen LogP contribution in [-0.2, 0) is 11.3 Å². The summed E-state index contributed by atoms with van der Waals surface area (Å²) in [6, 6.07) is 8.13. The molecule has 148 valence electrons. The van der Waals surface area contributed by atoms with Gasteiger partial charge in [0.1, 0.15) is 12.0 Å². The Morgan fingerprint density at radius 1 is 1.26 bits per heavy atom. The first-order chi connectivity index (χ1) is 12.7. The monoisotopic (exact) mass is 484 g/mol. The van der Waals surface area contributed by atoms with E-state index in [9.17, 15) is 0 Å². The maximum Gasteiger partial charge on any atom is 0.226 e. The average Bonchev–Trinajstić information content (AvgIpc) is 3.35. The Labute approximate surface area is 178 Å². The topological polar surface area (TPSA) is 71.7 Å². The Morgan fingerprint density at radius 3 is 2.74 bits per heavy atom. The van der Waals surface area contributed by atoms with Crippen molar-refractivity contribution < 1.29 is 9.15 Å². The van der Waals surface area contributed by atoms with E-state index in [0.717, 1.165) is 42.8 Å². The molecule has 0 amide bonds. The van der Waals surface area contributed by atoms with Crippen LogP contribution in [0.4, 0.5) is 0 Å². The molecule has 2 N–H and O–H groups in total. The third-order valence-electron chi connectivity index (χ3n) is 4.18. The van der Waals surface area contributed by atoms with Gasteiger partial charge in [0.2, 0.25) is 5.89 Å². The van der Waals surface area contributed by atoms with E-state index >= 15 is 0 Å². The van der Waals surface area contributed by atoms with Crippen molar-refractivity contribution in [2.24, 2.45) is 10.9 Å². The molecule has 27 heavy (non-hydrogen) atoms. The van der Waals surface area contributed by atoms with E-state index in [4.69, 9.17) is 9.15 Å². The molecule has 1 aliphatic carbocycles. The summed E-state index contributed by atoms with van der Waals surface area (Å²) in [7, 11) is 0. The van der Waals surface area contributed by atoms with Gasteiger partial charge in [-0.3, -0.25) is 0 Å². The predicted octanol–water partition coefficient (Wildman–Crippen LogP) is 3.75. The van der Waals surface area contributed by atoms with Crippen molar-refractivity contribution in [3.63, 3.8) is 0 Å². The number of hydrogen-bond donors (Lipinski definition) is 2. The van der Waals surface area contributed by atoms with Gasteiger partial charge in [-0.2, -0.15) is 0 Å². The Balaban J connectivity index is 0.00000261. The first-order valence-corrected chi connectivity index (χ1v) is 9.36. The molecule has 3 rings (SSSR count). The Bertz CT molecular complexity index is 711. The van der Waals surface area contributed by atoms with Crippen LogP contribution in [0, 0.1) is 12.8 Å². The van der Waals surface area contributed by atoms with E-state index in [1.165, 1.54) is 18.4 Å². The molecule has 0 atom stereocenters. The molecule has 0 spiro atoms. The second-order valence-electron chi connectivity index (χ2n) is 6.65. The minimum atomic E-state index is 0. The van der Waals surface area contributed by atoms with Gasteiger partial charge < -0.3 is 19.8 Å². The van der Waals surface area contributed by atoms with Crippen LogP contribution in [0.25, 0.3) is 11.5 Å². The number of halogens is 1. The van der Waals surface area contributed by atoms with Crippen LogP contribution in [-0.4, -0.2) is 37.2 Å². The van der Waals surface area contributed by atoms with Gasteiger partial charge in [-0.15, -0.1) is 24.0 Å². The number of ether oxygens (including phenoxy) is 1. The summed E-state index contributed by atoms with van der Waals surface area (Å²) in [4.78, 5) is 9.09. The lowest BCUT2D eigenvalue weighted by Crippen LogP contribution is -2.39. The fourth-order valence-corrected chi connectivity index (χ4v) is 2.49. The number of guanidine groups is 1. The van der Waals surface area contributed by atoms with Crippen molar-refractivity contribution in [2.75, 3.05) is 26.3 Å². The van der Waals surface area contributed by atoms with Crippen LogP contribution in [0.3, 0.4) is 0 Å². The number of nitrogens with zero attached hydrogens (tertiary/aromatic N) is 2. The molecular formula is C20H29IN4O2. The van der Waals surface area contributed by atoms with Crippen molar-refractivity contribution in [3.05, 3.63) is 41.8 Å². The standard InChI is InChI=1S/C20H28N4O2.HI/c1-3-21-20(22-10-11-25-13-16-6-7-16)23-12-18-14-26-19(24-18)17-8-4-15(2)5-9-17;/h4-5,8-9,14,16H,3,6-7,10-13H2,1-2H3,(H2,21,22,23);1H. The summed E-state index contributed by atoms with van der Waals surface area (Å²) in [5, 5.41) is 6.52. The van der Waals surface area contributed by atoms with Crippen LogP contribution < -0.4 is 10.6 Å². The average molecular weight is 484 g/mol. The fraction of sp³-hybridized carbons (Fsp3) is 0.500. The summed E-state index contributed by atoms with van der Waals surface area (Å²) in [6.45, 7) is 7.71. The first-order valence-electron chi connectivity index (χ1n) is 9.36. The lowest BCUT2D eigenvalue weighted by Gasteiger charge is -2.11. The first kappa shape index (κ1) is 21.7. The summed E-state index contributed by atoms with van der Waals surface area (Å²) in [6.07, 6.45) is 4.31. The highest BCUT2D eigenvalue weighted by Gasteiger charge is 2.20. The largest absolute Gasteiger partial charge is 0.444 e. The number of aliphatic imine (C=N–C) groups is 1. The van der Waals surface area contributed by atoms with Gasteiger partial charge >= 0.3 is 0 Å². The number of aromatic nitrogens is 1. The highest BCUT2D eigenvalue weighted by molar-refractivity contribution is 14.0. The van der Waals surface area contributed by atoms with Gasteiger partial charge in [0.25, 0.3) is 0 Å². The number of aryl methyl sites for hydroxylation is 1. The van der Waals surface area contributed by atoms with Crippen LogP contribution in [0.5, 0.6) is 0 Å². The predicted molar refractivity (Wildman–Crippen MR) is 118 cm³/mol. The molecule has 0 aliphatic heterocycles. The third kappa shape index (κ3) is 7.50. The van der Waals surface area contributed by atoms with Crippen molar-refractivity contribution >= 4 is 29.9 Å². The number of hydrogen-bond acceptors (Lipinski definition) is 4. The fourth-order valence-electron chi connectivity index (χ4n) is 2.49. The van der Waals surface area contributed by atoms with E-state index in [-0.39, 0.29) is 24.0 Å². The molecule has 0 unspecified atom stereocenters. The molecule has 1 aromatic carbocycles. The molecule has 1 aromatic heterocycles. The molecule has 0 radical (unpaired) electrons. The number of rotatable bonds is 9. The van der Waals surface area contributed by atoms with Gasteiger partial charge in [0.05, 0.1) is 13.2 Å². The number of oxazole rings is 1. The molecule has 2 aromatic rings. The smallest absolute Gasteiger partial charge is 0.226 e. The molecule has 0 saturated heterocycles. The molecule has 0 bridgehead atoms. The van der Waals surface area contributed by atoms with E-state index in [0.29, 0.717) is 19.0 Å². The summed E-state index contributed by atoms with van der Waals surface area (Å²) >= 11 is 0. The SMILES string of the molecule is CCNC(=NCc1coc(-c2ccc(C)cc2)n1)NCCOCC1CC1.I. The highest BCUT2D eigenvalue weighted by atomic mass is 127. The van der Waals surface area contributed by atoms with Crippen LogP contribution >= 0.6 is 24.0 Å². The second-order valence-corrected chi connectivity index (χ2v) is 6.65. The molecule has 1 fully saturated rings. The lowest BCUT2D eigenvalue weighted by molar-refractivity contribution is 0.129. The van der Waals surface area contributed by atoms with Gasteiger partial charge in [-0.25, -0.2) is 9.98 Å². The zero-order chi connectivity index (χ0) is 18.2. The quantitative estimate of drug-likeness (QED) is 0.246. The Morgan fingerprint density at radius 2 is 2.04 bits per heavy atom. The zero-order valence-electron chi connectivity index (χ0n) is 16.0. The van der Waals surface area contributed by atoms with E-state index in [1.807, 2.05) is 19.1 Å². The number of nitrogens with one attached hydrogen (secondary N) is 2. The van der Waals surface area contributed by atoms with Gasteiger partial charge in [-0.1, -0.05) is 17.7 Å². The van der Waals surface area contributed by atoms with E-state index in [2.05, 4.69) is 39.7 Å². The minimum Gasteiger partial charge on any atom is -0.444 e. The summed E-state index contributed by atoms with van der Waals surface area (Å²) in [5.74, 6) is 2.19. The third-order valence-corrected chi connectivity index (χ3v) is 4.18. The Kier molecular flexibility index (Phi) is 9.06. The van der Waals surface area contributed by atoms with Crippen molar-refractivity contribution in [2.45, 2.75) is 33.2 Å². The molecule has 7 heteroatoms. The molecule has 1 saturated carbocycles. The van der Waals surface area contributed by atoms with Crippen molar-refractivity contribution in [1.29, 1.82) is 0 Å². The van der Waals surface area contributed by atoms with Gasteiger partial charge in [0, 0.05) is 25.3 Å². The normalized spacial score (nSPS) is 13.9. The molecular weight excluding hydrogens is 455 g/mol. The highest BCUT2D eigenvalue weighted by Crippen LogP contribution is 2.28. The minimum absolute atomic E-state index is 0. The van der Waals surface area contributed by atoms with Crippen molar-refractivity contribution in [3.8, 4) is 11.5 Å². The molecule has 1 aliphatic rings. The van der Waals surface area contributed by atoms with Crippen LogP contribution in [0.15, 0.2) is 39.9 Å². The van der Waals surface area contributed by atoms with Gasteiger partial charge in [-0.05, 0) is 44.7 Å². The lowest BCUT2D eigenvalue weighted by atomic mass is 10.1. The Hall–Kier alpha value is -1.61. The second kappa shape index (κ2) is 11.3. The van der Waals surface area contributed by atoms with E-state index in [1.54, 1.807) is 6.26 Å².